The monoisotopic (exact) mass is 1810 g/mol. The Hall–Kier alpha value is -7.20. The summed E-state index contributed by atoms with van der Waals surface area (Å²) in [4.78, 5) is 31.4. The van der Waals surface area contributed by atoms with E-state index in [-0.39, 0.29) is 111 Å². The minimum Gasteiger partial charge on any atom is -0.532 e. The van der Waals surface area contributed by atoms with E-state index in [9.17, 15) is 35.9 Å². The Morgan fingerprint density at radius 2 is 0.705 bits per heavy atom. The molecule has 12 aliphatic carbocycles. The Labute approximate surface area is 795 Å². The molecule has 0 heterocycles. The number of nitriles is 3. The number of hydrogen-bond donors (Lipinski definition) is 3. The van der Waals surface area contributed by atoms with E-state index < -0.39 is 0 Å². The van der Waals surface area contributed by atoms with Crippen molar-refractivity contribution in [2.45, 2.75) is 367 Å². The third-order valence-electron chi connectivity index (χ3n) is 32.1. The lowest BCUT2D eigenvalue weighted by Gasteiger charge is -2.40. The summed E-state index contributed by atoms with van der Waals surface area (Å²) in [5.41, 5.74) is 7.94. The average Bonchev–Trinajstić information content (AvgIpc) is 0.827. The van der Waals surface area contributed by atoms with Gasteiger partial charge in [0.2, 0.25) is 0 Å². The Kier molecular flexibility index (Phi) is 38.7. The number of carbonyl (C=O) groups excluding carboxylic acids is 1. The first-order valence-corrected chi connectivity index (χ1v) is 51.3. The van der Waals surface area contributed by atoms with E-state index in [0.717, 1.165) is 241 Å². The van der Waals surface area contributed by atoms with Gasteiger partial charge in [-0.2, -0.15) is 25.5 Å². The van der Waals surface area contributed by atoms with Crippen LogP contribution in [0.4, 0.5) is 0 Å². The molecule has 0 bridgehead atoms. The molecule has 0 radical (unpaired) electrons. The van der Waals surface area contributed by atoms with E-state index in [1.165, 1.54) is 22.3 Å². The predicted octanol–water partition coefficient (Wildman–Crippen LogP) is 24.0. The minimum atomic E-state index is -0.342. The normalized spacial score (nSPS) is 33.5. The molecule has 20 heteroatoms. The topological polar surface area (TPSA) is 235 Å². The van der Waals surface area contributed by atoms with Crippen molar-refractivity contribution in [3.63, 3.8) is 0 Å². The van der Waals surface area contributed by atoms with E-state index in [1.54, 1.807) is 0 Å². The van der Waals surface area contributed by atoms with Crippen LogP contribution in [-0.4, -0.2) is 195 Å². The Bertz CT molecular complexity index is 4420. The first-order valence-electron chi connectivity index (χ1n) is 51.3. The van der Waals surface area contributed by atoms with Gasteiger partial charge in [0.25, 0.3) is 0 Å². The van der Waals surface area contributed by atoms with Gasteiger partial charge in [-0.05, 0) is 368 Å². The zero-order chi connectivity index (χ0) is 94.3. The number of nitrogens with zero attached hydrogens (tertiary/aromatic N) is 9. The fraction of sp³-hybridized carbons (Fsp3) is 0.732. The van der Waals surface area contributed by atoms with Gasteiger partial charge in [0.15, 0.2) is 5.76 Å². The van der Waals surface area contributed by atoms with Gasteiger partial charge in [-0.15, -0.1) is 0 Å². The van der Waals surface area contributed by atoms with Crippen LogP contribution in [0.2, 0.25) is 0 Å². The van der Waals surface area contributed by atoms with Crippen LogP contribution in [-0.2, 0) is 38.0 Å². The minimum absolute atomic E-state index is 0.00298. The van der Waals surface area contributed by atoms with Gasteiger partial charge in [-0.25, -0.2) is 0 Å². The number of rotatable bonds is 35. The molecule has 0 aliphatic heterocycles. The molecule has 12 aliphatic rings. The van der Waals surface area contributed by atoms with Gasteiger partial charge in [0, 0.05) is 62.6 Å². The largest absolute Gasteiger partial charge is 0.532 e. The van der Waals surface area contributed by atoms with Gasteiger partial charge in [0.1, 0.15) is 29.9 Å². The Morgan fingerprint density at radius 1 is 0.394 bits per heavy atom. The molecule has 724 valence electrons. The van der Waals surface area contributed by atoms with Crippen LogP contribution in [0.3, 0.4) is 0 Å². The third-order valence-corrected chi connectivity index (χ3v) is 32.1. The Morgan fingerprint density at radius 3 is 1.05 bits per heavy atom. The van der Waals surface area contributed by atoms with Crippen LogP contribution >= 0.6 is 0 Å². The molecule has 0 amide bonds. The van der Waals surface area contributed by atoms with Crippen molar-refractivity contribution >= 4 is 5.97 Å². The highest BCUT2D eigenvalue weighted by atomic mass is 16.5. The summed E-state index contributed by atoms with van der Waals surface area (Å²) in [6, 6.07) is 8.05. The maximum atomic E-state index is 14.7. The SMILES string of the molecule is [C-]#[N+]/C(O)=C1C=C(/C=C/C2CCC(N(C)CCOC3CC(COC4CC(OCC5CC(OCCN(C)C6CCC(/C=C/C7=CC(=C(/O)[N+]#[C-])/CC(C)(C)C7)CC6)CC(OCN(C)C6CCC(/C=C/C7=CC(=C(/O)C#N)/CC(C)(C)C7)CC6)C5)CC(C(=O)OC5CCC(C)CC5)C4)CC(OCCN(C)C4CCC(/C=C/C5=CC(=C(C#N)C#N)CC(C)(C)C5)CC4)C3)CC2)CC(C)(C)C\1. The first-order chi connectivity index (χ1) is 63.1. The second-order valence-corrected chi connectivity index (χ2v) is 46.1. The van der Waals surface area contributed by atoms with Crippen LogP contribution in [0.25, 0.3) is 9.69 Å². The molecule has 3 N–H and O–H groups in total. The van der Waals surface area contributed by atoms with Crippen LogP contribution in [0.5, 0.6) is 0 Å². The lowest BCUT2D eigenvalue weighted by molar-refractivity contribution is -0.164. The molecular formula is C112H165N9O11. The Balaban J connectivity index is 0.683. The van der Waals surface area contributed by atoms with Gasteiger partial charge in [0.05, 0.1) is 82.2 Å². The van der Waals surface area contributed by atoms with Crippen LogP contribution in [0, 0.1) is 116 Å². The van der Waals surface area contributed by atoms with E-state index in [4.69, 9.17) is 46.3 Å². The van der Waals surface area contributed by atoms with Crippen LogP contribution in [0.1, 0.15) is 300 Å². The van der Waals surface area contributed by atoms with Crippen molar-refractivity contribution in [1.82, 2.24) is 19.6 Å². The van der Waals surface area contributed by atoms with Crippen molar-refractivity contribution in [3.8, 4) is 18.2 Å². The molecule has 9 unspecified atom stereocenters. The van der Waals surface area contributed by atoms with Crippen LogP contribution in [0.15, 0.2) is 141 Å². The maximum absolute atomic E-state index is 14.7. The molecule has 8 fully saturated rings. The molecule has 20 nitrogen and oxygen atoms in total. The second kappa shape index (κ2) is 49.2. The van der Waals surface area contributed by atoms with Crippen molar-refractivity contribution in [3.05, 3.63) is 163 Å². The average molecular weight is 1810 g/mol. The van der Waals surface area contributed by atoms with Crippen molar-refractivity contribution in [2.75, 3.05) is 87.6 Å². The number of esters is 1. The van der Waals surface area contributed by atoms with E-state index in [2.05, 4.69) is 187 Å². The second-order valence-electron chi connectivity index (χ2n) is 46.1. The summed E-state index contributed by atoms with van der Waals surface area (Å²) in [6.07, 6.45) is 61.5. The molecule has 0 aromatic rings. The highest BCUT2D eigenvalue weighted by Gasteiger charge is 2.42. The number of hydrogen-bond acceptors (Lipinski definition) is 18. The number of likely N-dealkylation sites (N-methyl/N-ethyl adjacent to an activating group) is 3. The summed E-state index contributed by atoms with van der Waals surface area (Å²) in [6.45, 7) is 40.9. The molecule has 8 saturated carbocycles. The summed E-state index contributed by atoms with van der Waals surface area (Å²) < 4.78 is 49.2. The number of aliphatic hydroxyl groups is 3. The number of aliphatic hydroxyl groups excluding tert-OH is 3. The lowest BCUT2D eigenvalue weighted by atomic mass is 9.74. The van der Waals surface area contributed by atoms with E-state index >= 15 is 0 Å². The summed E-state index contributed by atoms with van der Waals surface area (Å²) in [7, 11) is 9.02. The molecule has 0 aromatic carbocycles. The zero-order valence-corrected chi connectivity index (χ0v) is 83.1. The maximum Gasteiger partial charge on any atom is 0.341 e. The van der Waals surface area contributed by atoms with Crippen molar-refractivity contribution in [2.24, 2.45) is 69.0 Å². The van der Waals surface area contributed by atoms with Crippen LogP contribution < -0.4 is 0 Å². The fourth-order valence-corrected chi connectivity index (χ4v) is 24.5. The van der Waals surface area contributed by atoms with E-state index in [1.807, 2.05) is 24.3 Å². The van der Waals surface area contributed by atoms with Gasteiger partial charge in [-0.1, -0.05) is 135 Å². The lowest BCUT2D eigenvalue weighted by Crippen LogP contribution is -2.43. The van der Waals surface area contributed by atoms with Gasteiger partial charge >= 0.3 is 17.7 Å². The number of allylic oxidation sites excluding steroid dienone is 22. The molecule has 0 spiro atoms. The molecule has 0 aromatic heterocycles. The molecular weight excluding hydrogens is 1650 g/mol. The summed E-state index contributed by atoms with van der Waals surface area (Å²) >= 11 is 0. The summed E-state index contributed by atoms with van der Waals surface area (Å²) in [5, 5.41) is 60.1. The number of carbonyl (C=O) groups is 1. The smallest absolute Gasteiger partial charge is 0.341 e. The van der Waals surface area contributed by atoms with Gasteiger partial charge in [-0.3, -0.25) is 9.69 Å². The van der Waals surface area contributed by atoms with Gasteiger partial charge < -0.3 is 63.2 Å². The highest BCUT2D eigenvalue weighted by Crippen LogP contribution is 2.47. The molecule has 9 atom stereocenters. The standard InChI is InChI=1S/C112H165N9O11/c1-77-16-42-98(43-17-77)132-108(125)88-58-103(129-74-86-54-99(126-47-44-118(12)94-34-26-78(27-35-94)18-22-82-50-89(93(71-113)72-114)67-109(2,3)63-82)60-100(55-86)127-48-45-119(13)95-36-28-79(29-37-95)20-24-84-52-91(106(123)116-10)69-111(6,7)65-84)62-104(59-88)130-75-87-56-101(128-49-46-120(14)96-38-30-80(31-39-96)21-25-85-53-92(107(124)117-11)70-112(8,9)66-85)61-102(57-87)131-76-121(15)97-40-32-81(33-41-97)19-23-83-51-90(105(122)73-115)68-110(4,5)64-83/h18-25,50-53,77-81,86-88,94-104,122-124H,16-17,26-49,54-70,74-76H2,1-9,12-15H3/b22-18+,23-19+,24-20+,25-21+,105-90-,106-91-,107-92-. The number of ether oxygens (including phenoxy) is 7. The van der Waals surface area contributed by atoms with Crippen molar-refractivity contribution in [1.29, 1.82) is 15.8 Å². The van der Waals surface area contributed by atoms with E-state index in [0.29, 0.717) is 132 Å². The molecule has 132 heavy (non-hydrogen) atoms. The molecule has 12 rings (SSSR count). The zero-order valence-electron chi connectivity index (χ0n) is 83.1. The third kappa shape index (κ3) is 32.2. The quantitative estimate of drug-likeness (QED) is 0.0134. The first kappa shape index (κ1) is 104. The van der Waals surface area contributed by atoms with Crippen molar-refractivity contribution < 1.29 is 53.3 Å². The molecule has 0 saturated heterocycles. The predicted molar refractivity (Wildman–Crippen MR) is 524 cm³/mol. The summed E-state index contributed by atoms with van der Waals surface area (Å²) in [5.74, 6) is 1.95. The fourth-order valence-electron chi connectivity index (χ4n) is 24.5. The highest BCUT2D eigenvalue weighted by molar-refractivity contribution is 5.73.